The topological polar surface area (TPSA) is 71.9 Å². The summed E-state index contributed by atoms with van der Waals surface area (Å²) in [7, 11) is 0. The van der Waals surface area contributed by atoms with E-state index in [0.29, 0.717) is 24.6 Å². The van der Waals surface area contributed by atoms with Gasteiger partial charge >= 0.3 is 0 Å². The van der Waals surface area contributed by atoms with E-state index in [2.05, 4.69) is 83.7 Å². The molecule has 0 amide bonds. The third-order valence-corrected chi connectivity index (χ3v) is 8.80. The van der Waals surface area contributed by atoms with Crippen LogP contribution in [0.5, 0.6) is 11.5 Å². The molecule has 0 aromatic heterocycles. The van der Waals surface area contributed by atoms with Gasteiger partial charge in [-0.1, -0.05) is 24.3 Å². The number of ether oxygens (including phenoxy) is 2. The van der Waals surface area contributed by atoms with Crippen LogP contribution in [0.15, 0.2) is 60.7 Å². The monoisotopic (exact) mass is 602 g/mol. The summed E-state index contributed by atoms with van der Waals surface area (Å²) in [6.07, 6.45) is -1.12. The van der Waals surface area contributed by atoms with Gasteiger partial charge in [0.15, 0.2) is 0 Å². The van der Waals surface area contributed by atoms with Gasteiger partial charge in [0.25, 0.3) is 0 Å². The molecule has 3 aromatic rings. The second-order valence-electron chi connectivity index (χ2n) is 12.6. The van der Waals surface area contributed by atoms with Gasteiger partial charge < -0.3 is 29.5 Å². The zero-order valence-corrected chi connectivity index (χ0v) is 26.9. The van der Waals surface area contributed by atoms with Crippen LogP contribution < -0.4 is 19.3 Å². The van der Waals surface area contributed by atoms with E-state index < -0.39 is 12.2 Å². The van der Waals surface area contributed by atoms with Gasteiger partial charge in [-0.3, -0.25) is 9.80 Å². The second kappa shape index (κ2) is 15.1. The van der Waals surface area contributed by atoms with Gasteiger partial charge in [-0.15, -0.1) is 0 Å². The average molecular weight is 603 g/mol. The second-order valence-corrected chi connectivity index (χ2v) is 12.6. The van der Waals surface area contributed by atoms with Crippen LogP contribution in [0.3, 0.4) is 0 Å². The molecular weight excluding hydrogens is 552 g/mol. The molecule has 0 bridgehead atoms. The highest BCUT2D eigenvalue weighted by Crippen LogP contribution is 2.24. The summed E-state index contributed by atoms with van der Waals surface area (Å²) in [4.78, 5) is 9.50. The Kier molecular flexibility index (Phi) is 11.0. The van der Waals surface area contributed by atoms with Crippen LogP contribution in [0.2, 0.25) is 0 Å². The molecule has 2 heterocycles. The Balaban J connectivity index is 0.967. The highest BCUT2D eigenvalue weighted by Gasteiger charge is 2.22. The summed E-state index contributed by atoms with van der Waals surface area (Å²) in [5.74, 6) is 1.39. The first-order valence-corrected chi connectivity index (χ1v) is 16.0. The summed E-state index contributed by atoms with van der Waals surface area (Å²) < 4.78 is 11.7. The molecule has 2 saturated heterocycles. The summed E-state index contributed by atoms with van der Waals surface area (Å²) in [6, 6.07) is 20.6. The molecule has 8 nitrogen and oxygen atoms in total. The van der Waals surface area contributed by atoms with E-state index in [4.69, 9.17) is 9.47 Å². The molecule has 44 heavy (non-hydrogen) atoms. The molecule has 238 valence electrons. The quantitative estimate of drug-likeness (QED) is 0.322. The number of aliphatic hydroxyl groups excluding tert-OH is 2. The number of β-amino-alcohol motifs (C(OH)–C–C–N with tert-alkyl or cyclic N) is 2. The molecule has 2 atom stereocenters. The van der Waals surface area contributed by atoms with Crippen molar-refractivity contribution in [2.75, 3.05) is 88.5 Å². The van der Waals surface area contributed by atoms with E-state index >= 15 is 0 Å². The Morgan fingerprint density at radius 1 is 0.545 bits per heavy atom. The van der Waals surface area contributed by atoms with Crippen LogP contribution in [-0.4, -0.2) is 111 Å². The fourth-order valence-electron chi connectivity index (χ4n) is 6.18. The molecule has 0 spiro atoms. The minimum Gasteiger partial charge on any atom is -0.491 e. The minimum absolute atomic E-state index is 0.243. The zero-order valence-electron chi connectivity index (χ0n) is 26.9. The molecule has 0 radical (unpaired) electrons. The highest BCUT2D eigenvalue weighted by atomic mass is 16.5. The number of anilines is 2. The van der Waals surface area contributed by atoms with Crippen molar-refractivity contribution >= 4 is 11.4 Å². The van der Waals surface area contributed by atoms with Crippen LogP contribution in [-0.2, 0) is 0 Å². The largest absolute Gasteiger partial charge is 0.491 e. The first-order valence-electron chi connectivity index (χ1n) is 16.0. The number of piperazine rings is 2. The van der Waals surface area contributed by atoms with E-state index in [-0.39, 0.29) is 13.2 Å². The molecule has 2 aliphatic heterocycles. The number of hydrogen-bond donors (Lipinski definition) is 2. The van der Waals surface area contributed by atoms with Gasteiger partial charge in [-0.25, -0.2) is 0 Å². The summed E-state index contributed by atoms with van der Waals surface area (Å²) >= 11 is 0. The SMILES string of the molecule is Cc1ccc(C)c(N2CCN(CC(O)COc3ccc(OCC(O)CN4CCN(c5cc(C)ccc5C)CC4)cc3)CC2)c1. The number of rotatable bonds is 12. The van der Waals surface area contributed by atoms with Gasteiger partial charge in [0.05, 0.1) is 0 Å². The van der Waals surface area contributed by atoms with Gasteiger partial charge in [0.2, 0.25) is 0 Å². The van der Waals surface area contributed by atoms with Crippen molar-refractivity contribution in [3.05, 3.63) is 82.9 Å². The Morgan fingerprint density at radius 3 is 1.27 bits per heavy atom. The number of aliphatic hydroxyl groups is 2. The van der Waals surface area contributed by atoms with Crippen molar-refractivity contribution in [1.29, 1.82) is 0 Å². The molecule has 5 rings (SSSR count). The molecule has 0 aliphatic carbocycles. The van der Waals surface area contributed by atoms with E-state index in [1.807, 2.05) is 24.3 Å². The van der Waals surface area contributed by atoms with Gasteiger partial charge in [0.1, 0.15) is 36.9 Å². The first kappa shape index (κ1) is 32.1. The average Bonchev–Trinajstić information content (AvgIpc) is 3.03. The predicted octanol–water partition coefficient (Wildman–Crippen LogP) is 4.04. The fraction of sp³-hybridized carbons (Fsp3) is 0.500. The van der Waals surface area contributed by atoms with Crippen molar-refractivity contribution in [1.82, 2.24) is 9.80 Å². The summed E-state index contributed by atoms with van der Waals surface area (Å²) in [6.45, 7) is 17.8. The van der Waals surface area contributed by atoms with Gasteiger partial charge in [0, 0.05) is 76.8 Å². The lowest BCUT2D eigenvalue weighted by Gasteiger charge is -2.37. The van der Waals surface area contributed by atoms with E-state index in [1.165, 1.54) is 33.6 Å². The van der Waals surface area contributed by atoms with E-state index in [9.17, 15) is 10.2 Å². The summed E-state index contributed by atoms with van der Waals surface area (Å²) in [5, 5.41) is 21.2. The maximum Gasteiger partial charge on any atom is 0.119 e. The number of hydrogen-bond acceptors (Lipinski definition) is 8. The van der Waals surface area contributed by atoms with Crippen LogP contribution in [0.4, 0.5) is 11.4 Å². The number of benzene rings is 3. The third-order valence-electron chi connectivity index (χ3n) is 8.80. The first-order chi connectivity index (χ1) is 21.2. The van der Waals surface area contributed by atoms with E-state index in [0.717, 1.165) is 52.4 Å². The van der Waals surface area contributed by atoms with Crippen molar-refractivity contribution in [2.24, 2.45) is 0 Å². The van der Waals surface area contributed by atoms with Gasteiger partial charge in [-0.05, 0) is 86.3 Å². The molecule has 0 saturated carbocycles. The minimum atomic E-state index is -0.559. The number of nitrogens with zero attached hydrogens (tertiary/aromatic N) is 4. The number of aryl methyl sites for hydroxylation is 4. The lowest BCUT2D eigenvalue weighted by atomic mass is 10.1. The standard InChI is InChI=1S/C36H50N4O4/c1-27-5-7-29(3)35(21-27)39-17-13-37(14-18-39)23-31(41)25-43-33-9-11-34(12-10-33)44-26-32(42)24-38-15-19-40(20-16-38)36-22-28(2)6-8-30(36)4/h5-12,21-22,31-32,41-42H,13-20,23-26H2,1-4H3. The third kappa shape index (κ3) is 8.88. The van der Waals surface area contributed by atoms with Gasteiger partial charge in [-0.2, -0.15) is 0 Å². The van der Waals surface area contributed by atoms with Crippen molar-refractivity contribution in [3.63, 3.8) is 0 Å². The maximum absolute atomic E-state index is 10.6. The van der Waals surface area contributed by atoms with Crippen LogP contribution in [0.25, 0.3) is 0 Å². The van der Waals surface area contributed by atoms with Crippen molar-refractivity contribution in [3.8, 4) is 11.5 Å². The highest BCUT2D eigenvalue weighted by molar-refractivity contribution is 5.56. The molecule has 3 aromatic carbocycles. The Bertz CT molecular complexity index is 1230. The lowest BCUT2D eigenvalue weighted by molar-refractivity contribution is 0.0650. The van der Waals surface area contributed by atoms with E-state index in [1.54, 1.807) is 0 Å². The van der Waals surface area contributed by atoms with Crippen LogP contribution in [0.1, 0.15) is 22.3 Å². The Morgan fingerprint density at radius 2 is 0.909 bits per heavy atom. The summed E-state index contributed by atoms with van der Waals surface area (Å²) in [5.41, 5.74) is 7.82. The van der Waals surface area contributed by atoms with Crippen molar-refractivity contribution in [2.45, 2.75) is 39.9 Å². The Labute approximate surface area is 263 Å². The molecular formula is C36H50N4O4. The smallest absolute Gasteiger partial charge is 0.119 e. The molecule has 8 heteroatoms. The Hall–Kier alpha value is -3.30. The molecule has 2 aliphatic rings. The van der Waals surface area contributed by atoms with Crippen LogP contribution >= 0.6 is 0 Å². The molecule has 2 unspecified atom stereocenters. The molecule has 2 fully saturated rings. The normalized spacial score (nSPS) is 17.9. The van der Waals surface area contributed by atoms with Crippen LogP contribution in [0, 0.1) is 27.7 Å². The maximum atomic E-state index is 10.6. The molecule has 2 N–H and O–H groups in total. The fourth-order valence-corrected chi connectivity index (χ4v) is 6.18. The lowest BCUT2D eigenvalue weighted by Crippen LogP contribution is -2.49. The predicted molar refractivity (Wildman–Crippen MR) is 179 cm³/mol. The van der Waals surface area contributed by atoms with Crippen molar-refractivity contribution < 1.29 is 19.7 Å². The zero-order chi connectivity index (χ0) is 31.1.